The SMILES string of the molecule is CC1CCCCC1Nc1cc(C(=O)O)ccn1. The summed E-state index contributed by atoms with van der Waals surface area (Å²) in [5.41, 5.74) is 0.283. The molecule has 0 radical (unpaired) electrons. The Morgan fingerprint density at radius 2 is 2.24 bits per heavy atom. The Morgan fingerprint density at radius 3 is 2.94 bits per heavy atom. The number of rotatable bonds is 3. The van der Waals surface area contributed by atoms with Crippen LogP contribution in [-0.2, 0) is 0 Å². The van der Waals surface area contributed by atoms with Crippen LogP contribution in [0.15, 0.2) is 18.3 Å². The fourth-order valence-corrected chi connectivity index (χ4v) is 2.36. The third-order valence-corrected chi connectivity index (χ3v) is 3.45. The molecule has 0 spiro atoms. The van der Waals surface area contributed by atoms with E-state index >= 15 is 0 Å². The number of anilines is 1. The molecule has 2 N–H and O–H groups in total. The first kappa shape index (κ1) is 11.9. The van der Waals surface area contributed by atoms with Gasteiger partial charge in [-0.05, 0) is 30.9 Å². The highest BCUT2D eigenvalue weighted by Gasteiger charge is 2.21. The number of nitrogens with zero attached hydrogens (tertiary/aromatic N) is 1. The van der Waals surface area contributed by atoms with Crippen LogP contribution in [0, 0.1) is 5.92 Å². The molecule has 1 aromatic rings. The van der Waals surface area contributed by atoms with Crippen LogP contribution in [-0.4, -0.2) is 22.1 Å². The van der Waals surface area contributed by atoms with Gasteiger partial charge in [0.2, 0.25) is 0 Å². The van der Waals surface area contributed by atoms with E-state index in [0.717, 1.165) is 6.42 Å². The highest BCUT2D eigenvalue weighted by atomic mass is 16.4. The molecule has 0 bridgehead atoms. The third kappa shape index (κ3) is 2.96. The van der Waals surface area contributed by atoms with E-state index in [1.807, 2.05) is 0 Å². The monoisotopic (exact) mass is 234 g/mol. The fraction of sp³-hybridized carbons (Fsp3) is 0.538. The topological polar surface area (TPSA) is 62.2 Å². The molecule has 1 fully saturated rings. The molecule has 1 aliphatic rings. The largest absolute Gasteiger partial charge is 0.478 e. The Morgan fingerprint density at radius 1 is 1.47 bits per heavy atom. The Labute approximate surface area is 101 Å². The van der Waals surface area contributed by atoms with E-state index in [4.69, 9.17) is 5.11 Å². The summed E-state index contributed by atoms with van der Waals surface area (Å²) in [7, 11) is 0. The van der Waals surface area contributed by atoms with Crippen LogP contribution in [0.2, 0.25) is 0 Å². The summed E-state index contributed by atoms with van der Waals surface area (Å²) in [4.78, 5) is 15.0. The average molecular weight is 234 g/mol. The number of pyridine rings is 1. The van der Waals surface area contributed by atoms with Gasteiger partial charge in [-0.25, -0.2) is 9.78 Å². The molecule has 0 saturated heterocycles. The van der Waals surface area contributed by atoms with Crippen molar-refractivity contribution in [1.82, 2.24) is 4.98 Å². The summed E-state index contributed by atoms with van der Waals surface area (Å²) in [5, 5.41) is 12.3. The number of hydrogen-bond donors (Lipinski definition) is 2. The van der Waals surface area contributed by atoms with Crippen LogP contribution in [0.1, 0.15) is 43.0 Å². The number of carbonyl (C=O) groups is 1. The van der Waals surface area contributed by atoms with Gasteiger partial charge in [-0.3, -0.25) is 0 Å². The fourth-order valence-electron chi connectivity index (χ4n) is 2.36. The molecule has 0 aromatic carbocycles. The van der Waals surface area contributed by atoms with Gasteiger partial charge in [0, 0.05) is 12.2 Å². The van der Waals surface area contributed by atoms with E-state index < -0.39 is 5.97 Å². The van der Waals surface area contributed by atoms with Crippen molar-refractivity contribution < 1.29 is 9.90 Å². The zero-order valence-corrected chi connectivity index (χ0v) is 10.0. The van der Waals surface area contributed by atoms with Crippen LogP contribution >= 0.6 is 0 Å². The summed E-state index contributed by atoms with van der Waals surface area (Å²) in [6.45, 7) is 2.23. The van der Waals surface area contributed by atoms with Gasteiger partial charge in [0.15, 0.2) is 0 Å². The first-order valence-corrected chi connectivity index (χ1v) is 6.12. The first-order chi connectivity index (χ1) is 8.16. The minimum Gasteiger partial charge on any atom is -0.478 e. The molecule has 1 heterocycles. The summed E-state index contributed by atoms with van der Waals surface area (Å²) in [5.74, 6) is 0.384. The average Bonchev–Trinajstić information content (AvgIpc) is 2.32. The second kappa shape index (κ2) is 5.17. The van der Waals surface area contributed by atoms with Gasteiger partial charge < -0.3 is 10.4 Å². The van der Waals surface area contributed by atoms with Crippen LogP contribution in [0.25, 0.3) is 0 Å². The van der Waals surface area contributed by atoms with Crippen molar-refractivity contribution in [1.29, 1.82) is 0 Å². The lowest BCUT2D eigenvalue weighted by atomic mass is 9.86. The Hall–Kier alpha value is -1.58. The van der Waals surface area contributed by atoms with Crippen molar-refractivity contribution in [2.75, 3.05) is 5.32 Å². The first-order valence-electron chi connectivity index (χ1n) is 6.12. The van der Waals surface area contributed by atoms with Crippen molar-refractivity contribution >= 4 is 11.8 Å². The molecule has 0 amide bonds. The summed E-state index contributed by atoms with van der Waals surface area (Å²) >= 11 is 0. The molecule has 1 aliphatic carbocycles. The van der Waals surface area contributed by atoms with Gasteiger partial charge >= 0.3 is 5.97 Å². The van der Waals surface area contributed by atoms with E-state index in [0.29, 0.717) is 17.8 Å². The smallest absolute Gasteiger partial charge is 0.335 e. The Balaban J connectivity index is 2.07. The molecule has 4 nitrogen and oxygen atoms in total. The van der Waals surface area contributed by atoms with E-state index in [2.05, 4.69) is 17.2 Å². The van der Waals surface area contributed by atoms with E-state index in [1.54, 1.807) is 12.3 Å². The van der Waals surface area contributed by atoms with Crippen molar-refractivity contribution in [2.24, 2.45) is 5.92 Å². The highest BCUT2D eigenvalue weighted by molar-refractivity contribution is 5.88. The quantitative estimate of drug-likeness (QED) is 0.844. The Kier molecular flexibility index (Phi) is 3.61. The molecule has 1 saturated carbocycles. The summed E-state index contributed by atoms with van der Waals surface area (Å²) in [6.07, 6.45) is 6.44. The molecular weight excluding hydrogens is 216 g/mol. The molecule has 0 aliphatic heterocycles. The lowest BCUT2D eigenvalue weighted by Gasteiger charge is -2.29. The van der Waals surface area contributed by atoms with Gasteiger partial charge in [0.1, 0.15) is 5.82 Å². The second-order valence-electron chi connectivity index (χ2n) is 4.75. The van der Waals surface area contributed by atoms with Crippen LogP contribution in [0.5, 0.6) is 0 Å². The third-order valence-electron chi connectivity index (χ3n) is 3.45. The van der Waals surface area contributed by atoms with Crippen LogP contribution in [0.4, 0.5) is 5.82 Å². The second-order valence-corrected chi connectivity index (χ2v) is 4.75. The van der Waals surface area contributed by atoms with Gasteiger partial charge in [-0.15, -0.1) is 0 Å². The van der Waals surface area contributed by atoms with E-state index in [1.165, 1.54) is 25.3 Å². The maximum absolute atomic E-state index is 10.9. The molecule has 4 heteroatoms. The lowest BCUT2D eigenvalue weighted by Crippen LogP contribution is -2.30. The van der Waals surface area contributed by atoms with Gasteiger partial charge in [-0.1, -0.05) is 19.8 Å². The molecule has 17 heavy (non-hydrogen) atoms. The van der Waals surface area contributed by atoms with Crippen molar-refractivity contribution in [3.05, 3.63) is 23.9 Å². The predicted octanol–water partition coefficient (Wildman–Crippen LogP) is 2.77. The maximum atomic E-state index is 10.9. The van der Waals surface area contributed by atoms with Gasteiger partial charge in [-0.2, -0.15) is 0 Å². The predicted molar refractivity (Wildman–Crippen MR) is 66.2 cm³/mol. The van der Waals surface area contributed by atoms with E-state index in [-0.39, 0.29) is 5.56 Å². The van der Waals surface area contributed by atoms with Crippen molar-refractivity contribution in [2.45, 2.75) is 38.6 Å². The standard InChI is InChI=1S/C13H18N2O2/c1-9-4-2-3-5-11(9)15-12-8-10(13(16)17)6-7-14-12/h6-9,11H,2-5H2,1H3,(H,14,15)(H,16,17). The van der Waals surface area contributed by atoms with Gasteiger partial charge in [0.25, 0.3) is 0 Å². The molecule has 2 rings (SSSR count). The van der Waals surface area contributed by atoms with Crippen molar-refractivity contribution in [3.63, 3.8) is 0 Å². The number of aromatic carboxylic acids is 1. The van der Waals surface area contributed by atoms with Crippen LogP contribution in [0.3, 0.4) is 0 Å². The maximum Gasteiger partial charge on any atom is 0.335 e. The molecule has 2 atom stereocenters. The zero-order valence-electron chi connectivity index (χ0n) is 10.0. The van der Waals surface area contributed by atoms with Crippen molar-refractivity contribution in [3.8, 4) is 0 Å². The Bertz CT molecular complexity index is 406. The van der Waals surface area contributed by atoms with Gasteiger partial charge in [0.05, 0.1) is 5.56 Å². The zero-order chi connectivity index (χ0) is 12.3. The van der Waals surface area contributed by atoms with E-state index in [9.17, 15) is 4.79 Å². The minimum atomic E-state index is -0.910. The number of hydrogen-bond acceptors (Lipinski definition) is 3. The normalized spacial score (nSPS) is 24.3. The molecule has 2 unspecified atom stereocenters. The highest BCUT2D eigenvalue weighted by Crippen LogP contribution is 2.26. The summed E-state index contributed by atoms with van der Waals surface area (Å²) < 4.78 is 0. The minimum absolute atomic E-state index is 0.283. The molecule has 1 aromatic heterocycles. The lowest BCUT2D eigenvalue weighted by molar-refractivity contribution is 0.0697. The molecule has 92 valence electrons. The summed E-state index contributed by atoms with van der Waals surface area (Å²) in [6, 6.07) is 3.53. The number of nitrogens with one attached hydrogen (secondary N) is 1. The number of carboxylic acid groups (broad SMARTS) is 1. The number of aromatic nitrogens is 1. The number of carboxylic acids is 1. The molecular formula is C13H18N2O2. The van der Waals surface area contributed by atoms with Crippen LogP contribution < -0.4 is 5.32 Å².